The van der Waals surface area contributed by atoms with Crippen molar-refractivity contribution in [3.8, 4) is 0 Å². The normalized spacial score (nSPS) is 19.6. The van der Waals surface area contributed by atoms with Crippen molar-refractivity contribution in [1.82, 2.24) is 0 Å². The van der Waals surface area contributed by atoms with E-state index in [-0.39, 0.29) is 0 Å². The Hall–Kier alpha value is 0. The Morgan fingerprint density at radius 1 is 0.950 bits per heavy atom. The van der Waals surface area contributed by atoms with E-state index in [1.54, 1.807) is 0 Å². The number of hydrogen-bond acceptors (Lipinski definition) is 0. The van der Waals surface area contributed by atoms with Crippen LogP contribution >= 0.6 is 0 Å². The summed E-state index contributed by atoms with van der Waals surface area (Å²) in [5, 5.41) is 0. The average molecular weight is 280 g/mol. The van der Waals surface area contributed by atoms with E-state index in [9.17, 15) is 0 Å². The predicted octanol–water partition coefficient (Wildman–Crippen LogP) is 7.18. The van der Waals surface area contributed by atoms with Crippen molar-refractivity contribution in [2.75, 3.05) is 0 Å². The van der Waals surface area contributed by atoms with Crippen molar-refractivity contribution >= 4 is 0 Å². The van der Waals surface area contributed by atoms with E-state index in [4.69, 9.17) is 0 Å². The third-order valence-electron chi connectivity index (χ3n) is 5.53. The van der Waals surface area contributed by atoms with Gasteiger partial charge in [-0.25, -0.2) is 0 Å². The highest BCUT2D eigenvalue weighted by molar-refractivity contribution is 5.08. The van der Waals surface area contributed by atoms with Gasteiger partial charge in [-0.15, -0.1) is 0 Å². The molecule has 2 atom stereocenters. The quantitative estimate of drug-likeness (QED) is 0.351. The summed E-state index contributed by atoms with van der Waals surface area (Å²) in [6, 6.07) is 0. The van der Waals surface area contributed by atoms with E-state index in [1.807, 2.05) is 5.92 Å². The van der Waals surface area contributed by atoms with Gasteiger partial charge in [0.2, 0.25) is 0 Å². The molecule has 1 rings (SSSR count). The Bertz CT molecular complexity index is 236. The van der Waals surface area contributed by atoms with Crippen LogP contribution in [0.4, 0.5) is 0 Å². The maximum absolute atomic E-state index is 2.48. The van der Waals surface area contributed by atoms with Crippen molar-refractivity contribution in [2.45, 2.75) is 105 Å². The lowest BCUT2D eigenvalue weighted by Crippen LogP contribution is -2.28. The molecule has 2 unspecified atom stereocenters. The van der Waals surface area contributed by atoms with Crippen LogP contribution < -0.4 is 0 Å². The molecule has 1 fully saturated rings. The molecule has 1 radical (unpaired) electrons. The number of rotatable bonds is 11. The topological polar surface area (TPSA) is 0 Å². The molecule has 0 nitrogen and oxygen atoms in total. The van der Waals surface area contributed by atoms with Gasteiger partial charge in [-0.05, 0) is 48.9 Å². The second-order valence-electron chi connectivity index (χ2n) is 8.18. The zero-order valence-electron chi connectivity index (χ0n) is 14.9. The summed E-state index contributed by atoms with van der Waals surface area (Å²) < 4.78 is 0. The molecule has 0 amide bonds. The fourth-order valence-corrected chi connectivity index (χ4v) is 3.66. The minimum atomic E-state index is 0.525. The van der Waals surface area contributed by atoms with E-state index in [2.05, 4.69) is 34.6 Å². The molecule has 119 valence electrons. The molecular formula is C20H39. The maximum Gasteiger partial charge on any atom is -0.0185 e. The first-order chi connectivity index (χ1) is 9.45. The monoisotopic (exact) mass is 279 g/mol. The third-order valence-corrected chi connectivity index (χ3v) is 5.53. The van der Waals surface area contributed by atoms with Crippen LogP contribution in [0.5, 0.6) is 0 Å². The molecule has 0 aromatic heterocycles. The molecule has 0 heteroatoms. The lowest BCUT2D eigenvalue weighted by Gasteiger charge is -2.40. The zero-order chi connectivity index (χ0) is 15.0. The molecular weight excluding hydrogens is 240 g/mol. The molecule has 0 N–H and O–H groups in total. The maximum atomic E-state index is 2.48. The van der Waals surface area contributed by atoms with Crippen molar-refractivity contribution < 1.29 is 0 Å². The van der Waals surface area contributed by atoms with E-state index in [0.29, 0.717) is 5.41 Å². The number of unbranched alkanes of at least 4 members (excludes halogenated alkanes) is 3. The van der Waals surface area contributed by atoms with Crippen LogP contribution in [-0.4, -0.2) is 0 Å². The van der Waals surface area contributed by atoms with Crippen LogP contribution in [0.25, 0.3) is 0 Å². The van der Waals surface area contributed by atoms with Crippen LogP contribution in [0, 0.1) is 23.2 Å². The van der Waals surface area contributed by atoms with E-state index in [1.165, 1.54) is 70.6 Å². The average Bonchev–Trinajstić information content (AvgIpc) is 2.29. The standard InChI is InChI=1S/C20H39/c1-6-7-8-9-11-17(2)16-18(3)14-15-20(4,5)19-12-10-13-19/h17-18H,6-16H2,1-5H3. The summed E-state index contributed by atoms with van der Waals surface area (Å²) in [7, 11) is 0. The minimum Gasteiger partial charge on any atom is -0.0654 e. The molecule has 20 heavy (non-hydrogen) atoms. The van der Waals surface area contributed by atoms with Crippen LogP contribution in [0.2, 0.25) is 0 Å². The van der Waals surface area contributed by atoms with Crippen molar-refractivity contribution in [2.24, 2.45) is 17.3 Å². The van der Waals surface area contributed by atoms with Gasteiger partial charge in [-0.1, -0.05) is 79.6 Å². The molecule has 0 spiro atoms. The second-order valence-corrected chi connectivity index (χ2v) is 8.18. The van der Waals surface area contributed by atoms with Crippen molar-refractivity contribution in [3.05, 3.63) is 5.92 Å². The Balaban J connectivity index is 2.10. The van der Waals surface area contributed by atoms with Gasteiger partial charge >= 0.3 is 0 Å². The Morgan fingerprint density at radius 2 is 1.60 bits per heavy atom. The summed E-state index contributed by atoms with van der Waals surface area (Å²) in [5.41, 5.74) is 0.525. The van der Waals surface area contributed by atoms with Crippen molar-refractivity contribution in [1.29, 1.82) is 0 Å². The molecule has 1 saturated carbocycles. The third kappa shape index (κ3) is 6.64. The molecule has 0 aromatic rings. The molecule has 0 aliphatic heterocycles. The molecule has 0 aromatic carbocycles. The summed E-state index contributed by atoms with van der Waals surface area (Å²) in [6.45, 7) is 12.2. The Morgan fingerprint density at radius 3 is 2.15 bits per heavy atom. The molecule has 0 bridgehead atoms. The fourth-order valence-electron chi connectivity index (χ4n) is 3.66. The van der Waals surface area contributed by atoms with E-state index < -0.39 is 0 Å². The van der Waals surface area contributed by atoms with Gasteiger partial charge in [0.15, 0.2) is 0 Å². The summed E-state index contributed by atoms with van der Waals surface area (Å²) in [5.74, 6) is 3.69. The zero-order valence-corrected chi connectivity index (χ0v) is 14.9. The Kier molecular flexibility index (Phi) is 8.22. The molecule has 0 heterocycles. The molecule has 0 saturated heterocycles. The first-order valence-electron chi connectivity index (χ1n) is 9.31. The fraction of sp³-hybridized carbons (Fsp3) is 0.950. The van der Waals surface area contributed by atoms with Gasteiger partial charge in [-0.3, -0.25) is 0 Å². The number of hydrogen-bond donors (Lipinski definition) is 0. The largest absolute Gasteiger partial charge is 0.0654 e. The van der Waals surface area contributed by atoms with Crippen LogP contribution in [0.15, 0.2) is 0 Å². The first kappa shape index (κ1) is 18.1. The SMILES string of the molecule is CCCCCCC(C)CC(C)CCC(C)(C)[C]1CCC1. The predicted molar refractivity (Wildman–Crippen MR) is 91.8 cm³/mol. The van der Waals surface area contributed by atoms with Crippen molar-refractivity contribution in [3.63, 3.8) is 0 Å². The van der Waals surface area contributed by atoms with Crippen LogP contribution in [0.3, 0.4) is 0 Å². The van der Waals surface area contributed by atoms with Gasteiger partial charge in [0, 0.05) is 0 Å². The summed E-state index contributed by atoms with van der Waals surface area (Å²) in [6.07, 6.45) is 15.7. The van der Waals surface area contributed by atoms with Crippen LogP contribution in [0.1, 0.15) is 105 Å². The van der Waals surface area contributed by atoms with Gasteiger partial charge in [0.05, 0.1) is 0 Å². The van der Waals surface area contributed by atoms with Gasteiger partial charge in [-0.2, -0.15) is 0 Å². The molecule has 1 aliphatic rings. The van der Waals surface area contributed by atoms with Gasteiger partial charge < -0.3 is 0 Å². The molecule has 1 aliphatic carbocycles. The van der Waals surface area contributed by atoms with E-state index >= 15 is 0 Å². The highest BCUT2D eigenvalue weighted by atomic mass is 14.4. The van der Waals surface area contributed by atoms with Crippen LogP contribution in [-0.2, 0) is 0 Å². The highest BCUT2D eigenvalue weighted by Crippen LogP contribution is 2.47. The lowest BCUT2D eigenvalue weighted by molar-refractivity contribution is 0.240. The van der Waals surface area contributed by atoms with Gasteiger partial charge in [0.25, 0.3) is 0 Å². The Labute approximate surface area is 129 Å². The smallest absolute Gasteiger partial charge is 0.0185 e. The second kappa shape index (κ2) is 9.11. The summed E-state index contributed by atoms with van der Waals surface area (Å²) >= 11 is 0. The lowest BCUT2D eigenvalue weighted by atomic mass is 9.65. The highest BCUT2D eigenvalue weighted by Gasteiger charge is 2.34. The van der Waals surface area contributed by atoms with Gasteiger partial charge in [0.1, 0.15) is 0 Å². The minimum absolute atomic E-state index is 0.525. The summed E-state index contributed by atoms with van der Waals surface area (Å²) in [4.78, 5) is 0. The van der Waals surface area contributed by atoms with E-state index in [0.717, 1.165) is 11.8 Å². The first-order valence-corrected chi connectivity index (χ1v) is 9.31.